The van der Waals surface area contributed by atoms with Crippen LogP contribution in [0, 0.1) is 0 Å². The lowest BCUT2D eigenvalue weighted by Crippen LogP contribution is -2.39. The third-order valence-electron chi connectivity index (χ3n) is 3.31. The molecule has 1 aromatic rings. The number of carbonyl (C=O) groups excluding carboxylic acids is 1. The number of thioether (sulfide) groups is 1. The number of benzene rings is 1. The molecule has 2 rings (SSSR count). The average molecular weight is 295 g/mol. The molecular formula is C14H21N3O2S. The summed E-state index contributed by atoms with van der Waals surface area (Å²) in [5, 5.41) is 2.93. The molecule has 0 aromatic heterocycles. The van der Waals surface area contributed by atoms with Crippen LogP contribution in [0.25, 0.3) is 0 Å². The molecule has 5 nitrogen and oxygen atoms in total. The van der Waals surface area contributed by atoms with E-state index >= 15 is 0 Å². The van der Waals surface area contributed by atoms with E-state index in [0.29, 0.717) is 23.5 Å². The molecule has 0 spiro atoms. The van der Waals surface area contributed by atoms with Gasteiger partial charge in [0.05, 0.1) is 12.8 Å². The van der Waals surface area contributed by atoms with E-state index in [9.17, 15) is 4.79 Å². The maximum absolute atomic E-state index is 12.0. The van der Waals surface area contributed by atoms with Crippen LogP contribution < -0.4 is 15.8 Å². The van der Waals surface area contributed by atoms with Gasteiger partial charge in [0.2, 0.25) is 0 Å². The first-order valence-electron chi connectivity index (χ1n) is 6.72. The number of methoxy groups -OCH3 is 1. The minimum Gasteiger partial charge on any atom is -0.495 e. The van der Waals surface area contributed by atoms with Gasteiger partial charge in [0.1, 0.15) is 5.75 Å². The van der Waals surface area contributed by atoms with Crippen molar-refractivity contribution in [2.45, 2.75) is 0 Å². The van der Waals surface area contributed by atoms with Gasteiger partial charge in [-0.15, -0.1) is 0 Å². The van der Waals surface area contributed by atoms with Crippen LogP contribution in [-0.4, -0.2) is 55.6 Å². The molecule has 6 heteroatoms. The molecule has 0 bridgehead atoms. The van der Waals surface area contributed by atoms with Crippen molar-refractivity contribution in [2.24, 2.45) is 0 Å². The van der Waals surface area contributed by atoms with Gasteiger partial charge in [-0.05, 0) is 18.2 Å². The summed E-state index contributed by atoms with van der Waals surface area (Å²) < 4.78 is 5.12. The predicted octanol–water partition coefficient (Wildman–Crippen LogP) is 1.06. The Kier molecular flexibility index (Phi) is 5.55. The first-order valence-corrected chi connectivity index (χ1v) is 7.88. The van der Waals surface area contributed by atoms with E-state index in [1.54, 1.807) is 25.3 Å². The fourth-order valence-electron chi connectivity index (χ4n) is 2.11. The largest absolute Gasteiger partial charge is 0.495 e. The highest BCUT2D eigenvalue weighted by Gasteiger charge is 2.11. The van der Waals surface area contributed by atoms with Crippen molar-refractivity contribution in [3.05, 3.63) is 23.8 Å². The zero-order chi connectivity index (χ0) is 14.4. The van der Waals surface area contributed by atoms with Crippen molar-refractivity contribution in [3.63, 3.8) is 0 Å². The number of rotatable bonds is 5. The maximum atomic E-state index is 12.0. The molecule has 1 aromatic carbocycles. The average Bonchev–Trinajstić information content (AvgIpc) is 2.48. The summed E-state index contributed by atoms with van der Waals surface area (Å²) in [7, 11) is 1.54. The third-order valence-corrected chi connectivity index (χ3v) is 4.26. The first kappa shape index (κ1) is 15.0. The lowest BCUT2D eigenvalue weighted by molar-refractivity contribution is 0.0948. The van der Waals surface area contributed by atoms with Gasteiger partial charge in [-0.3, -0.25) is 9.69 Å². The van der Waals surface area contributed by atoms with Gasteiger partial charge < -0.3 is 15.8 Å². The number of ether oxygens (including phenoxy) is 1. The quantitative estimate of drug-likeness (QED) is 0.795. The van der Waals surface area contributed by atoms with Gasteiger partial charge in [-0.2, -0.15) is 11.8 Å². The topological polar surface area (TPSA) is 67.6 Å². The van der Waals surface area contributed by atoms with E-state index in [2.05, 4.69) is 10.2 Å². The molecule has 0 radical (unpaired) electrons. The minimum absolute atomic E-state index is 0.0883. The van der Waals surface area contributed by atoms with Crippen molar-refractivity contribution < 1.29 is 9.53 Å². The zero-order valence-corrected chi connectivity index (χ0v) is 12.5. The van der Waals surface area contributed by atoms with Crippen molar-refractivity contribution in [3.8, 4) is 5.75 Å². The number of nitrogens with two attached hydrogens (primary N) is 1. The van der Waals surface area contributed by atoms with Gasteiger partial charge >= 0.3 is 0 Å². The molecule has 1 aliphatic rings. The van der Waals surface area contributed by atoms with Crippen molar-refractivity contribution in [1.82, 2.24) is 10.2 Å². The van der Waals surface area contributed by atoms with E-state index < -0.39 is 0 Å². The molecular weight excluding hydrogens is 274 g/mol. The van der Waals surface area contributed by atoms with Crippen LogP contribution in [0.4, 0.5) is 5.69 Å². The monoisotopic (exact) mass is 295 g/mol. The van der Waals surface area contributed by atoms with Crippen LogP contribution >= 0.6 is 11.8 Å². The number of anilines is 1. The van der Waals surface area contributed by atoms with Crippen LogP contribution in [0.15, 0.2) is 18.2 Å². The second-order valence-corrected chi connectivity index (χ2v) is 5.89. The van der Waals surface area contributed by atoms with Crippen LogP contribution in [0.5, 0.6) is 5.75 Å². The molecule has 0 unspecified atom stereocenters. The summed E-state index contributed by atoms with van der Waals surface area (Å²) in [5.41, 5.74) is 6.84. The molecule has 1 heterocycles. The Labute approximate surface area is 123 Å². The molecule has 1 fully saturated rings. The molecule has 1 amide bonds. The standard InChI is InChI=1S/C14H21N3O2S/c1-19-13-10-11(2-3-12(13)15)14(18)16-4-5-17-6-8-20-9-7-17/h2-3,10H,4-9,15H2,1H3,(H,16,18). The van der Waals surface area contributed by atoms with E-state index in [4.69, 9.17) is 10.5 Å². The molecule has 1 saturated heterocycles. The van der Waals surface area contributed by atoms with Gasteiger partial charge in [0.15, 0.2) is 0 Å². The maximum Gasteiger partial charge on any atom is 0.251 e. The number of nitrogen functional groups attached to an aromatic ring is 1. The smallest absolute Gasteiger partial charge is 0.251 e. The Morgan fingerprint density at radius 1 is 1.45 bits per heavy atom. The number of carbonyl (C=O) groups is 1. The third kappa shape index (κ3) is 4.05. The number of hydrogen-bond acceptors (Lipinski definition) is 5. The van der Waals surface area contributed by atoms with Gasteiger partial charge in [0, 0.05) is 43.2 Å². The Morgan fingerprint density at radius 2 is 2.20 bits per heavy atom. The molecule has 110 valence electrons. The zero-order valence-electron chi connectivity index (χ0n) is 11.7. The molecule has 0 aliphatic carbocycles. The lowest BCUT2D eigenvalue weighted by atomic mass is 10.2. The van der Waals surface area contributed by atoms with Crippen molar-refractivity contribution >= 4 is 23.4 Å². The van der Waals surface area contributed by atoms with Crippen LogP contribution in [0.3, 0.4) is 0 Å². The second kappa shape index (κ2) is 7.40. The fourth-order valence-corrected chi connectivity index (χ4v) is 3.09. The minimum atomic E-state index is -0.0883. The van der Waals surface area contributed by atoms with E-state index in [1.165, 1.54) is 11.5 Å². The molecule has 3 N–H and O–H groups in total. The first-order chi connectivity index (χ1) is 9.70. The second-order valence-electron chi connectivity index (χ2n) is 4.67. The molecule has 0 atom stereocenters. The fraction of sp³-hybridized carbons (Fsp3) is 0.500. The number of hydrogen-bond donors (Lipinski definition) is 2. The summed E-state index contributed by atoms with van der Waals surface area (Å²) in [5.74, 6) is 2.81. The van der Waals surface area contributed by atoms with Crippen LogP contribution in [0.1, 0.15) is 10.4 Å². The number of nitrogens with zero attached hydrogens (tertiary/aromatic N) is 1. The molecule has 20 heavy (non-hydrogen) atoms. The molecule has 1 aliphatic heterocycles. The van der Waals surface area contributed by atoms with E-state index in [0.717, 1.165) is 19.6 Å². The molecule has 0 saturated carbocycles. The highest BCUT2D eigenvalue weighted by molar-refractivity contribution is 7.99. The Morgan fingerprint density at radius 3 is 2.90 bits per heavy atom. The number of nitrogens with one attached hydrogen (secondary N) is 1. The van der Waals surface area contributed by atoms with E-state index in [1.807, 2.05) is 11.8 Å². The summed E-state index contributed by atoms with van der Waals surface area (Å²) in [6.07, 6.45) is 0. The van der Waals surface area contributed by atoms with Gasteiger partial charge in [-0.1, -0.05) is 0 Å². The normalized spacial score (nSPS) is 15.8. The number of amides is 1. The van der Waals surface area contributed by atoms with Crippen LogP contribution in [0.2, 0.25) is 0 Å². The summed E-state index contributed by atoms with van der Waals surface area (Å²) in [6, 6.07) is 5.07. The SMILES string of the molecule is COc1cc(C(=O)NCCN2CCSCC2)ccc1N. The Bertz CT molecular complexity index is 462. The van der Waals surface area contributed by atoms with Gasteiger partial charge in [0.25, 0.3) is 5.91 Å². The van der Waals surface area contributed by atoms with Crippen molar-refractivity contribution in [2.75, 3.05) is 50.5 Å². The Hall–Kier alpha value is -1.40. The highest BCUT2D eigenvalue weighted by atomic mass is 32.2. The summed E-state index contributed by atoms with van der Waals surface area (Å²) in [6.45, 7) is 3.78. The lowest BCUT2D eigenvalue weighted by Gasteiger charge is -2.26. The van der Waals surface area contributed by atoms with Crippen LogP contribution in [-0.2, 0) is 0 Å². The van der Waals surface area contributed by atoms with E-state index in [-0.39, 0.29) is 5.91 Å². The summed E-state index contributed by atoms with van der Waals surface area (Å²) in [4.78, 5) is 14.4. The Balaban J connectivity index is 1.82. The highest BCUT2D eigenvalue weighted by Crippen LogP contribution is 2.21. The van der Waals surface area contributed by atoms with Gasteiger partial charge in [-0.25, -0.2) is 0 Å². The van der Waals surface area contributed by atoms with Crippen molar-refractivity contribution in [1.29, 1.82) is 0 Å². The summed E-state index contributed by atoms with van der Waals surface area (Å²) >= 11 is 1.99. The predicted molar refractivity (Wildman–Crippen MR) is 83.5 cm³/mol.